The zero-order valence-electron chi connectivity index (χ0n) is 18.4. The maximum absolute atomic E-state index is 11.0. The third-order valence-electron chi connectivity index (χ3n) is 4.12. The Morgan fingerprint density at radius 3 is 1.44 bits per heavy atom. The topological polar surface area (TPSA) is 82.1 Å². The van der Waals surface area contributed by atoms with Crippen molar-refractivity contribution in [1.82, 2.24) is 0 Å². The molecule has 0 spiro atoms. The summed E-state index contributed by atoms with van der Waals surface area (Å²) < 4.78 is 15.0. The fourth-order valence-electron chi connectivity index (χ4n) is 2.39. The van der Waals surface area contributed by atoms with Crippen molar-refractivity contribution in [3.8, 4) is 11.5 Å². The summed E-state index contributed by atoms with van der Waals surface area (Å²) in [6, 6.07) is 15.2. The lowest BCUT2D eigenvalue weighted by Crippen LogP contribution is -2.14. The van der Waals surface area contributed by atoms with Crippen LogP contribution in [0.1, 0.15) is 72.4 Å². The number of carbonyl (C=O) groups excluding carboxylic acids is 1. The van der Waals surface area contributed by atoms with Crippen LogP contribution in [0.2, 0.25) is 0 Å². The van der Waals surface area contributed by atoms with E-state index in [1.165, 1.54) is 11.1 Å². The average Bonchev–Trinajstić information content (AvgIpc) is 2.72. The summed E-state index contributed by atoms with van der Waals surface area (Å²) in [7, 11) is 0. The van der Waals surface area contributed by atoms with Crippen LogP contribution >= 0.6 is 0 Å². The van der Waals surface area contributed by atoms with E-state index < -0.39 is 5.97 Å². The van der Waals surface area contributed by atoms with Crippen LogP contribution in [0.4, 0.5) is 0 Å². The van der Waals surface area contributed by atoms with Crippen molar-refractivity contribution in [2.24, 2.45) is 0 Å². The van der Waals surface area contributed by atoms with Crippen molar-refractivity contribution in [3.63, 3.8) is 0 Å². The molecule has 1 N–H and O–H groups in total. The van der Waals surface area contributed by atoms with Crippen molar-refractivity contribution in [2.45, 2.75) is 61.3 Å². The molecule has 180 valence electrons. The first-order valence-corrected chi connectivity index (χ1v) is 10.1. The first kappa shape index (κ1) is 31.2. The van der Waals surface area contributed by atoms with Gasteiger partial charge in [-0.1, -0.05) is 66.8 Å². The Kier molecular flexibility index (Phi) is 16.2. The fraction of sp³-hybridized carbons (Fsp3) is 0.462. The van der Waals surface area contributed by atoms with E-state index >= 15 is 0 Å². The van der Waals surface area contributed by atoms with E-state index in [2.05, 4.69) is 27.7 Å². The number of ether oxygens (including phenoxy) is 3. The van der Waals surface area contributed by atoms with E-state index in [1.807, 2.05) is 36.4 Å². The molecule has 6 heteroatoms. The minimum absolute atomic E-state index is 0. The zero-order chi connectivity index (χ0) is 22.5. The Hall–Kier alpha value is -3.02. The molecule has 32 heavy (non-hydrogen) atoms. The first-order valence-electron chi connectivity index (χ1n) is 10.1. The number of benzene rings is 2. The monoisotopic (exact) mass is 448 g/mol. The lowest BCUT2D eigenvalue weighted by Gasteiger charge is -2.08. The first-order chi connectivity index (χ1) is 14.2. The van der Waals surface area contributed by atoms with Gasteiger partial charge in [0.25, 0.3) is 0 Å². The summed E-state index contributed by atoms with van der Waals surface area (Å²) in [5, 5.41) is 8.39. The third kappa shape index (κ3) is 12.6. The SMILES string of the molecule is C.C.CC(C)c1ccc(OCC(=O)O)cc1.CCOC(=O)COc1ccc(C(C)C)cc1. The predicted molar refractivity (Wildman–Crippen MR) is 130 cm³/mol. The largest absolute Gasteiger partial charge is 0.482 e. The van der Waals surface area contributed by atoms with Gasteiger partial charge in [-0.2, -0.15) is 0 Å². The second-order valence-electron chi connectivity index (χ2n) is 7.22. The number of rotatable bonds is 9. The van der Waals surface area contributed by atoms with Crippen molar-refractivity contribution in [1.29, 1.82) is 0 Å². The van der Waals surface area contributed by atoms with Crippen LogP contribution in [-0.2, 0) is 14.3 Å². The lowest BCUT2D eigenvalue weighted by atomic mass is 10.0. The molecule has 0 fully saturated rings. The van der Waals surface area contributed by atoms with E-state index in [1.54, 1.807) is 19.1 Å². The Balaban J connectivity index is 0. The van der Waals surface area contributed by atoms with Gasteiger partial charge in [0.1, 0.15) is 11.5 Å². The van der Waals surface area contributed by atoms with Gasteiger partial charge in [-0.05, 0) is 54.2 Å². The van der Waals surface area contributed by atoms with Crippen molar-refractivity contribution < 1.29 is 28.9 Å². The van der Waals surface area contributed by atoms with Crippen molar-refractivity contribution in [3.05, 3.63) is 59.7 Å². The van der Waals surface area contributed by atoms with Gasteiger partial charge in [-0.25, -0.2) is 9.59 Å². The Bertz CT molecular complexity index is 764. The number of carbonyl (C=O) groups is 2. The Morgan fingerprint density at radius 2 is 1.12 bits per heavy atom. The highest BCUT2D eigenvalue weighted by molar-refractivity contribution is 5.71. The maximum atomic E-state index is 11.0. The van der Waals surface area contributed by atoms with Crippen LogP contribution in [0, 0.1) is 0 Å². The molecule has 0 atom stereocenters. The molecule has 2 aromatic rings. The summed E-state index contributed by atoms with van der Waals surface area (Å²) in [5.41, 5.74) is 2.47. The predicted octanol–water partition coefficient (Wildman–Crippen LogP) is 6.30. The number of carboxylic acid groups (broad SMARTS) is 1. The van der Waals surface area contributed by atoms with E-state index in [9.17, 15) is 9.59 Å². The number of aliphatic carboxylic acids is 1. The molecule has 0 heterocycles. The summed E-state index contributed by atoms with van der Waals surface area (Å²) in [4.78, 5) is 21.3. The molecule has 0 aliphatic carbocycles. The molecular weight excluding hydrogens is 408 g/mol. The van der Waals surface area contributed by atoms with Crippen LogP contribution in [0.25, 0.3) is 0 Å². The highest BCUT2D eigenvalue weighted by atomic mass is 16.6. The standard InChI is InChI=1S/C13H18O3.C11H14O3.2CH4/c1-4-15-13(14)9-16-12-7-5-11(6-8-12)10(2)3;1-8(2)9-3-5-10(6-4-9)14-7-11(12)13;;/h5-8,10H,4,9H2,1-3H3;3-6,8H,7H2,1-2H3,(H,12,13);2*1H4. The molecule has 0 saturated carbocycles. The van der Waals surface area contributed by atoms with E-state index in [0.29, 0.717) is 29.9 Å². The minimum atomic E-state index is -0.960. The smallest absolute Gasteiger partial charge is 0.344 e. The summed E-state index contributed by atoms with van der Waals surface area (Å²) in [6.07, 6.45) is 0. The normalized spacial score (nSPS) is 9.59. The number of esters is 1. The van der Waals surface area contributed by atoms with Gasteiger partial charge in [-0.3, -0.25) is 0 Å². The highest BCUT2D eigenvalue weighted by Gasteiger charge is 2.04. The maximum Gasteiger partial charge on any atom is 0.344 e. The van der Waals surface area contributed by atoms with E-state index in [0.717, 1.165) is 0 Å². The van der Waals surface area contributed by atoms with Crippen LogP contribution in [0.15, 0.2) is 48.5 Å². The molecule has 0 unspecified atom stereocenters. The molecule has 2 aromatic carbocycles. The molecule has 2 rings (SSSR count). The molecule has 6 nitrogen and oxygen atoms in total. The Labute approximate surface area is 193 Å². The van der Waals surface area contributed by atoms with E-state index in [4.69, 9.17) is 19.3 Å². The Morgan fingerprint density at radius 1 is 0.750 bits per heavy atom. The molecule has 0 saturated heterocycles. The summed E-state index contributed by atoms with van der Waals surface area (Å²) >= 11 is 0. The average molecular weight is 449 g/mol. The fourth-order valence-corrected chi connectivity index (χ4v) is 2.39. The number of hydrogen-bond donors (Lipinski definition) is 1. The van der Waals surface area contributed by atoms with Crippen molar-refractivity contribution in [2.75, 3.05) is 19.8 Å². The van der Waals surface area contributed by atoms with Gasteiger partial charge in [-0.15, -0.1) is 0 Å². The molecule has 0 aliphatic rings. The van der Waals surface area contributed by atoms with Crippen LogP contribution < -0.4 is 9.47 Å². The number of hydrogen-bond acceptors (Lipinski definition) is 5. The highest BCUT2D eigenvalue weighted by Crippen LogP contribution is 2.19. The van der Waals surface area contributed by atoms with Gasteiger partial charge < -0.3 is 19.3 Å². The quantitative estimate of drug-likeness (QED) is 0.454. The van der Waals surface area contributed by atoms with Gasteiger partial charge in [0.05, 0.1) is 6.61 Å². The van der Waals surface area contributed by atoms with Crippen LogP contribution in [-0.4, -0.2) is 36.9 Å². The summed E-state index contributed by atoms with van der Waals surface area (Å²) in [6.45, 7) is 10.3. The van der Waals surface area contributed by atoms with Gasteiger partial charge in [0.15, 0.2) is 13.2 Å². The van der Waals surface area contributed by atoms with Gasteiger partial charge in [0.2, 0.25) is 0 Å². The van der Waals surface area contributed by atoms with Crippen LogP contribution in [0.3, 0.4) is 0 Å². The second kappa shape index (κ2) is 16.6. The van der Waals surface area contributed by atoms with Gasteiger partial charge >= 0.3 is 11.9 Å². The molecule has 0 radical (unpaired) electrons. The molecular formula is C26H40O6. The lowest BCUT2D eigenvalue weighted by molar-refractivity contribution is -0.145. The van der Waals surface area contributed by atoms with Crippen molar-refractivity contribution >= 4 is 11.9 Å². The number of carboxylic acids is 1. The summed E-state index contributed by atoms with van der Waals surface area (Å²) in [5.74, 6) is 0.963. The van der Waals surface area contributed by atoms with E-state index in [-0.39, 0.29) is 34.0 Å². The van der Waals surface area contributed by atoms with Gasteiger partial charge in [0, 0.05) is 0 Å². The second-order valence-corrected chi connectivity index (χ2v) is 7.22. The minimum Gasteiger partial charge on any atom is -0.482 e. The molecule has 0 aromatic heterocycles. The molecule has 0 aliphatic heterocycles. The molecule has 0 bridgehead atoms. The third-order valence-corrected chi connectivity index (χ3v) is 4.12. The van der Waals surface area contributed by atoms with Crippen LogP contribution in [0.5, 0.6) is 11.5 Å². The molecule has 0 amide bonds. The zero-order valence-corrected chi connectivity index (χ0v) is 18.4.